The van der Waals surface area contributed by atoms with Crippen molar-refractivity contribution in [2.75, 3.05) is 24.5 Å². The molecule has 3 rings (SSSR count). The maximum atomic E-state index is 13.5. The van der Waals surface area contributed by atoms with Gasteiger partial charge in [0.25, 0.3) is 0 Å². The van der Waals surface area contributed by atoms with Crippen LogP contribution in [-0.4, -0.2) is 45.2 Å². The fourth-order valence-corrected chi connectivity index (χ4v) is 3.29. The zero-order chi connectivity index (χ0) is 21.7. The van der Waals surface area contributed by atoms with Crippen molar-refractivity contribution in [1.29, 1.82) is 5.26 Å². The minimum atomic E-state index is -0.231. The number of aromatic nitrogens is 4. The monoisotopic (exact) mass is 403 g/mol. The van der Waals surface area contributed by atoms with Crippen LogP contribution in [0.2, 0.25) is 0 Å². The molecule has 0 bridgehead atoms. The van der Waals surface area contributed by atoms with Crippen LogP contribution >= 0.6 is 0 Å². The Morgan fingerprint density at radius 2 is 1.90 bits per heavy atom. The second kappa shape index (κ2) is 9.29. The van der Waals surface area contributed by atoms with Crippen molar-refractivity contribution in [1.82, 2.24) is 19.7 Å². The number of ketones is 1. The van der Waals surface area contributed by atoms with Gasteiger partial charge in [-0.25, -0.2) is 9.97 Å². The molecule has 8 nitrogen and oxygen atoms in total. The van der Waals surface area contributed by atoms with Crippen molar-refractivity contribution < 1.29 is 4.79 Å². The Balaban J connectivity index is 2.07. The van der Waals surface area contributed by atoms with Gasteiger partial charge in [-0.05, 0) is 50.6 Å². The number of carbonyl (C=O) groups is 1. The first kappa shape index (κ1) is 21.1. The molecule has 1 aromatic carbocycles. The van der Waals surface area contributed by atoms with E-state index in [1.807, 2.05) is 13.8 Å². The highest BCUT2D eigenvalue weighted by molar-refractivity contribution is 6.12. The number of nitrogens with zero attached hydrogens (tertiary/aromatic N) is 6. The van der Waals surface area contributed by atoms with E-state index in [1.165, 1.54) is 0 Å². The molecule has 154 valence electrons. The fourth-order valence-electron chi connectivity index (χ4n) is 3.29. The van der Waals surface area contributed by atoms with E-state index in [1.54, 1.807) is 48.4 Å². The molecule has 2 aromatic heterocycles. The fraction of sp³-hybridized carbons (Fsp3) is 0.318. The highest BCUT2D eigenvalue weighted by atomic mass is 16.1. The molecule has 0 radical (unpaired) electrons. The summed E-state index contributed by atoms with van der Waals surface area (Å²) in [6.45, 7) is 6.18. The van der Waals surface area contributed by atoms with Crippen molar-refractivity contribution in [2.24, 2.45) is 12.8 Å². The highest BCUT2D eigenvalue weighted by Crippen LogP contribution is 2.26. The third-order valence-electron chi connectivity index (χ3n) is 4.96. The first-order chi connectivity index (χ1) is 14.5. The number of hydrogen-bond acceptors (Lipinski definition) is 7. The summed E-state index contributed by atoms with van der Waals surface area (Å²) in [5.41, 5.74) is 8.29. The Hall–Kier alpha value is -3.57. The van der Waals surface area contributed by atoms with Crippen molar-refractivity contribution >= 4 is 11.6 Å². The molecule has 3 aromatic rings. The number of hydrogen-bond donors (Lipinski definition) is 1. The Morgan fingerprint density at radius 3 is 2.50 bits per heavy atom. The van der Waals surface area contributed by atoms with Crippen LogP contribution < -0.4 is 10.6 Å². The van der Waals surface area contributed by atoms with Crippen LogP contribution in [0.4, 0.5) is 5.82 Å². The molecular weight excluding hydrogens is 378 g/mol. The van der Waals surface area contributed by atoms with Gasteiger partial charge in [-0.1, -0.05) is 0 Å². The summed E-state index contributed by atoms with van der Waals surface area (Å²) < 4.78 is 1.57. The lowest BCUT2D eigenvalue weighted by Gasteiger charge is -2.16. The molecule has 0 unspecified atom stereocenters. The van der Waals surface area contributed by atoms with Gasteiger partial charge < -0.3 is 10.6 Å². The van der Waals surface area contributed by atoms with Crippen molar-refractivity contribution in [2.45, 2.75) is 20.3 Å². The van der Waals surface area contributed by atoms with Crippen LogP contribution in [0.5, 0.6) is 0 Å². The number of nitrogens with two attached hydrogens (primary N) is 1. The standard InChI is InChI=1S/C22H25N7O/c1-4-29(5-2)20-11-19(28(3)27-20)21(30)18-10-15(12-24)6-7-17(18)22-25-13-16(8-9-23)14-26-22/h6-7,10-11,13-14H,4-5,8-9,23H2,1-3H3. The van der Waals surface area contributed by atoms with Crippen LogP contribution in [0.3, 0.4) is 0 Å². The molecule has 0 spiro atoms. The zero-order valence-electron chi connectivity index (χ0n) is 17.5. The van der Waals surface area contributed by atoms with Crippen LogP contribution in [0.1, 0.15) is 41.0 Å². The maximum absolute atomic E-state index is 13.5. The van der Waals surface area contributed by atoms with Gasteiger partial charge in [-0.3, -0.25) is 9.48 Å². The number of aryl methyl sites for hydroxylation is 1. The van der Waals surface area contributed by atoms with Gasteiger partial charge in [0.2, 0.25) is 5.78 Å². The molecule has 8 heteroatoms. The smallest absolute Gasteiger partial charge is 0.211 e. The van der Waals surface area contributed by atoms with Gasteiger partial charge >= 0.3 is 0 Å². The van der Waals surface area contributed by atoms with Gasteiger partial charge in [0.05, 0.1) is 11.6 Å². The lowest BCUT2D eigenvalue weighted by Crippen LogP contribution is -2.22. The van der Waals surface area contributed by atoms with Gasteiger partial charge in [0, 0.05) is 49.7 Å². The first-order valence-electron chi connectivity index (χ1n) is 9.91. The molecule has 0 fully saturated rings. The van der Waals surface area contributed by atoms with Gasteiger partial charge in [0.1, 0.15) is 5.69 Å². The summed E-state index contributed by atoms with van der Waals surface area (Å²) in [4.78, 5) is 24.3. The minimum absolute atomic E-state index is 0.231. The number of anilines is 1. The second-order valence-corrected chi connectivity index (χ2v) is 6.84. The normalized spacial score (nSPS) is 10.6. The summed E-state index contributed by atoms with van der Waals surface area (Å²) >= 11 is 0. The van der Waals surface area contributed by atoms with E-state index in [-0.39, 0.29) is 5.78 Å². The van der Waals surface area contributed by atoms with Crippen molar-refractivity contribution in [3.8, 4) is 17.5 Å². The SMILES string of the molecule is CCN(CC)c1cc(C(=O)c2cc(C#N)ccc2-c2ncc(CCN)cn2)n(C)n1. The molecule has 2 heterocycles. The molecule has 0 aliphatic carbocycles. The molecule has 2 N–H and O–H groups in total. The summed E-state index contributed by atoms with van der Waals surface area (Å²) in [6.07, 6.45) is 4.11. The van der Waals surface area contributed by atoms with Crippen molar-refractivity contribution in [3.05, 3.63) is 59.0 Å². The molecule has 0 saturated heterocycles. The number of benzene rings is 1. The highest BCUT2D eigenvalue weighted by Gasteiger charge is 2.22. The summed E-state index contributed by atoms with van der Waals surface area (Å²) in [6, 6.07) is 8.83. The molecular formula is C22H25N7O. The second-order valence-electron chi connectivity index (χ2n) is 6.84. The third kappa shape index (κ3) is 4.21. The molecule has 0 aliphatic heterocycles. The predicted molar refractivity (Wildman–Crippen MR) is 115 cm³/mol. The summed E-state index contributed by atoms with van der Waals surface area (Å²) in [7, 11) is 1.74. The Bertz CT molecular complexity index is 1080. The first-order valence-corrected chi connectivity index (χ1v) is 9.91. The quantitative estimate of drug-likeness (QED) is 0.574. The van der Waals surface area contributed by atoms with Crippen LogP contribution in [-0.2, 0) is 13.5 Å². The summed E-state index contributed by atoms with van der Waals surface area (Å²) in [5.74, 6) is 0.936. The molecule has 0 amide bonds. The maximum Gasteiger partial charge on any atom is 0.211 e. The largest absolute Gasteiger partial charge is 0.356 e. The zero-order valence-corrected chi connectivity index (χ0v) is 17.5. The van der Waals surface area contributed by atoms with Crippen LogP contribution in [0.25, 0.3) is 11.4 Å². The minimum Gasteiger partial charge on any atom is -0.356 e. The topological polar surface area (TPSA) is 114 Å². The van der Waals surface area contributed by atoms with E-state index in [0.29, 0.717) is 41.2 Å². The number of rotatable bonds is 8. The molecule has 0 atom stereocenters. The molecule has 0 aliphatic rings. The lowest BCUT2D eigenvalue weighted by molar-refractivity contribution is 0.103. The van der Waals surface area contributed by atoms with E-state index in [9.17, 15) is 10.1 Å². The lowest BCUT2D eigenvalue weighted by atomic mass is 9.98. The van der Waals surface area contributed by atoms with Crippen LogP contribution in [0.15, 0.2) is 36.7 Å². The Kier molecular flexibility index (Phi) is 6.54. The number of carbonyl (C=O) groups excluding carboxylic acids is 1. The average molecular weight is 403 g/mol. The third-order valence-corrected chi connectivity index (χ3v) is 4.96. The Labute approximate surface area is 176 Å². The molecule has 0 saturated carbocycles. The van der Waals surface area contributed by atoms with Crippen molar-refractivity contribution in [3.63, 3.8) is 0 Å². The van der Waals surface area contributed by atoms with E-state index >= 15 is 0 Å². The van der Waals surface area contributed by atoms with Gasteiger partial charge in [-0.15, -0.1) is 0 Å². The van der Waals surface area contributed by atoms with E-state index < -0.39 is 0 Å². The number of nitriles is 1. The van der Waals surface area contributed by atoms with Gasteiger partial charge in [-0.2, -0.15) is 10.4 Å². The van der Waals surface area contributed by atoms with E-state index in [2.05, 4.69) is 26.0 Å². The van der Waals surface area contributed by atoms with E-state index in [0.717, 1.165) is 24.5 Å². The Morgan fingerprint density at radius 1 is 1.20 bits per heavy atom. The van der Waals surface area contributed by atoms with Crippen LogP contribution in [0, 0.1) is 11.3 Å². The summed E-state index contributed by atoms with van der Waals surface area (Å²) in [5, 5.41) is 13.8. The molecule has 30 heavy (non-hydrogen) atoms. The van der Waals surface area contributed by atoms with Gasteiger partial charge in [0.15, 0.2) is 11.6 Å². The van der Waals surface area contributed by atoms with E-state index in [4.69, 9.17) is 5.73 Å². The predicted octanol–water partition coefficient (Wildman–Crippen LogP) is 2.33. The average Bonchev–Trinajstić information content (AvgIpc) is 3.15.